The highest BCUT2D eigenvalue weighted by molar-refractivity contribution is 5.28. The fourth-order valence-corrected chi connectivity index (χ4v) is 1.99. The van der Waals surface area contributed by atoms with E-state index < -0.39 is 17.8 Å². The summed E-state index contributed by atoms with van der Waals surface area (Å²) in [5, 5.41) is 4.19. The molecule has 1 unspecified atom stereocenters. The maximum absolute atomic E-state index is 12.7. The van der Waals surface area contributed by atoms with Crippen LogP contribution in [0.25, 0.3) is 0 Å². The quantitative estimate of drug-likeness (QED) is 0.668. The molecule has 1 heterocycles. The number of alkyl halides is 3. The van der Waals surface area contributed by atoms with Crippen LogP contribution in [0.5, 0.6) is 0 Å². The number of hydrazine groups is 1. The van der Waals surface area contributed by atoms with Crippen molar-refractivity contribution in [1.29, 1.82) is 0 Å². The highest BCUT2D eigenvalue weighted by Gasteiger charge is 2.31. The van der Waals surface area contributed by atoms with Crippen molar-refractivity contribution in [3.8, 4) is 0 Å². The lowest BCUT2D eigenvalue weighted by molar-refractivity contribution is -0.137. The summed E-state index contributed by atoms with van der Waals surface area (Å²) in [5.41, 5.74) is 3.09. The Bertz CT molecular complexity index is 577. The number of aryl methyl sites for hydroxylation is 1. The molecule has 0 saturated heterocycles. The summed E-state index contributed by atoms with van der Waals surface area (Å²) < 4.78 is 39.7. The molecule has 0 aliphatic rings. The third kappa shape index (κ3) is 3.37. The SMILES string of the molecule is Cn1ccc(CC(NN)c2cccc(C(F)(F)F)c2)n1. The fraction of sp³-hybridized carbons (Fsp3) is 0.308. The normalized spacial score (nSPS) is 13.4. The van der Waals surface area contributed by atoms with Crippen LogP contribution in [0.1, 0.15) is 22.9 Å². The molecule has 4 nitrogen and oxygen atoms in total. The Balaban J connectivity index is 2.23. The lowest BCUT2D eigenvalue weighted by Crippen LogP contribution is -2.30. The molecule has 0 saturated carbocycles. The van der Waals surface area contributed by atoms with Gasteiger partial charge in [-0.05, 0) is 23.8 Å². The Labute approximate surface area is 114 Å². The molecule has 2 aromatic rings. The van der Waals surface area contributed by atoms with E-state index >= 15 is 0 Å². The Morgan fingerprint density at radius 3 is 2.65 bits per heavy atom. The lowest BCUT2D eigenvalue weighted by atomic mass is 10.0. The van der Waals surface area contributed by atoms with Gasteiger partial charge in [-0.2, -0.15) is 18.3 Å². The molecular weight excluding hydrogens is 269 g/mol. The minimum absolute atomic E-state index is 0.415. The minimum atomic E-state index is -4.36. The van der Waals surface area contributed by atoms with E-state index in [-0.39, 0.29) is 0 Å². The molecule has 3 N–H and O–H groups in total. The van der Waals surface area contributed by atoms with Crippen LogP contribution in [0, 0.1) is 0 Å². The Morgan fingerprint density at radius 1 is 1.35 bits per heavy atom. The van der Waals surface area contributed by atoms with Crippen molar-refractivity contribution in [2.24, 2.45) is 12.9 Å². The predicted molar refractivity (Wildman–Crippen MR) is 68.4 cm³/mol. The summed E-state index contributed by atoms with van der Waals surface area (Å²) in [5.74, 6) is 5.45. The van der Waals surface area contributed by atoms with Crippen molar-refractivity contribution < 1.29 is 13.2 Å². The third-order valence-electron chi connectivity index (χ3n) is 3.00. The minimum Gasteiger partial charge on any atom is -0.276 e. The maximum Gasteiger partial charge on any atom is 0.416 e. The van der Waals surface area contributed by atoms with Crippen LogP contribution in [0.15, 0.2) is 36.5 Å². The van der Waals surface area contributed by atoms with Gasteiger partial charge in [-0.25, -0.2) is 0 Å². The van der Waals surface area contributed by atoms with Crippen LogP contribution in [-0.4, -0.2) is 9.78 Å². The Morgan fingerprint density at radius 2 is 2.10 bits per heavy atom. The number of halogens is 3. The van der Waals surface area contributed by atoms with Gasteiger partial charge in [-0.15, -0.1) is 0 Å². The van der Waals surface area contributed by atoms with Gasteiger partial charge in [-0.3, -0.25) is 16.0 Å². The van der Waals surface area contributed by atoms with Gasteiger partial charge < -0.3 is 0 Å². The van der Waals surface area contributed by atoms with Crippen LogP contribution in [0.4, 0.5) is 13.2 Å². The van der Waals surface area contributed by atoms with Gasteiger partial charge in [0.15, 0.2) is 0 Å². The summed E-state index contributed by atoms with van der Waals surface area (Å²) >= 11 is 0. The summed E-state index contributed by atoms with van der Waals surface area (Å²) in [6.07, 6.45) is -2.17. The molecule has 0 aliphatic heterocycles. The first-order valence-corrected chi connectivity index (χ1v) is 6.02. The number of nitrogens with two attached hydrogens (primary N) is 1. The van der Waals surface area contributed by atoms with E-state index in [0.717, 1.165) is 17.8 Å². The first-order chi connectivity index (χ1) is 9.40. The maximum atomic E-state index is 12.7. The third-order valence-corrected chi connectivity index (χ3v) is 3.00. The smallest absolute Gasteiger partial charge is 0.276 e. The van der Waals surface area contributed by atoms with E-state index in [1.54, 1.807) is 30.1 Å². The van der Waals surface area contributed by atoms with Gasteiger partial charge in [0.25, 0.3) is 0 Å². The fourth-order valence-electron chi connectivity index (χ4n) is 1.99. The second-order valence-corrected chi connectivity index (χ2v) is 4.53. The first kappa shape index (κ1) is 14.5. The average molecular weight is 284 g/mol. The van der Waals surface area contributed by atoms with Gasteiger partial charge in [0, 0.05) is 19.7 Å². The molecule has 2 rings (SSSR count). The largest absolute Gasteiger partial charge is 0.416 e. The number of hydrogen-bond acceptors (Lipinski definition) is 3. The number of benzene rings is 1. The Kier molecular flexibility index (Phi) is 4.10. The molecule has 0 fully saturated rings. The van der Waals surface area contributed by atoms with E-state index in [2.05, 4.69) is 10.5 Å². The molecule has 0 bridgehead atoms. The number of aromatic nitrogens is 2. The summed E-state index contributed by atoms with van der Waals surface area (Å²) in [6, 6.07) is 6.51. The number of nitrogens with one attached hydrogen (secondary N) is 1. The molecule has 108 valence electrons. The van der Waals surface area contributed by atoms with Crippen molar-refractivity contribution in [3.05, 3.63) is 53.3 Å². The molecule has 0 amide bonds. The van der Waals surface area contributed by atoms with Crippen LogP contribution in [0.2, 0.25) is 0 Å². The summed E-state index contributed by atoms with van der Waals surface area (Å²) in [4.78, 5) is 0. The second kappa shape index (κ2) is 5.64. The number of rotatable bonds is 4. The molecule has 1 aromatic carbocycles. The van der Waals surface area contributed by atoms with Crippen LogP contribution >= 0.6 is 0 Å². The van der Waals surface area contributed by atoms with Gasteiger partial charge in [0.1, 0.15) is 0 Å². The lowest BCUT2D eigenvalue weighted by Gasteiger charge is -2.17. The first-order valence-electron chi connectivity index (χ1n) is 6.02. The summed E-state index contributed by atoms with van der Waals surface area (Å²) in [7, 11) is 1.78. The van der Waals surface area contributed by atoms with Crippen LogP contribution in [-0.2, 0) is 19.6 Å². The van der Waals surface area contributed by atoms with Gasteiger partial charge in [-0.1, -0.05) is 12.1 Å². The molecule has 0 spiro atoms. The van der Waals surface area contributed by atoms with Crippen LogP contribution < -0.4 is 11.3 Å². The zero-order valence-corrected chi connectivity index (χ0v) is 10.9. The van der Waals surface area contributed by atoms with Crippen molar-refractivity contribution in [2.75, 3.05) is 0 Å². The van der Waals surface area contributed by atoms with E-state index in [4.69, 9.17) is 5.84 Å². The van der Waals surface area contributed by atoms with E-state index in [9.17, 15) is 13.2 Å². The van der Waals surface area contributed by atoms with E-state index in [1.165, 1.54) is 6.07 Å². The van der Waals surface area contributed by atoms with E-state index in [1.807, 2.05) is 0 Å². The van der Waals surface area contributed by atoms with E-state index in [0.29, 0.717) is 12.0 Å². The topological polar surface area (TPSA) is 55.9 Å². The van der Waals surface area contributed by atoms with Crippen molar-refractivity contribution >= 4 is 0 Å². The van der Waals surface area contributed by atoms with Crippen molar-refractivity contribution in [1.82, 2.24) is 15.2 Å². The average Bonchev–Trinajstić information content (AvgIpc) is 2.81. The standard InChI is InChI=1S/C13H15F3N4/c1-20-6-5-11(19-20)8-12(18-17)9-3-2-4-10(7-9)13(14,15)16/h2-7,12,18H,8,17H2,1H3. The zero-order chi connectivity index (χ0) is 14.8. The molecule has 20 heavy (non-hydrogen) atoms. The molecular formula is C13H15F3N4. The summed E-state index contributed by atoms with van der Waals surface area (Å²) in [6.45, 7) is 0. The molecule has 0 radical (unpaired) electrons. The van der Waals surface area contributed by atoms with Crippen molar-refractivity contribution in [3.63, 3.8) is 0 Å². The molecule has 1 atom stereocenters. The monoisotopic (exact) mass is 284 g/mol. The van der Waals surface area contributed by atoms with Gasteiger partial charge in [0.2, 0.25) is 0 Å². The van der Waals surface area contributed by atoms with Gasteiger partial charge in [0.05, 0.1) is 17.3 Å². The highest BCUT2D eigenvalue weighted by atomic mass is 19.4. The second-order valence-electron chi connectivity index (χ2n) is 4.53. The number of hydrogen-bond donors (Lipinski definition) is 2. The van der Waals surface area contributed by atoms with Crippen LogP contribution in [0.3, 0.4) is 0 Å². The molecule has 0 aliphatic carbocycles. The van der Waals surface area contributed by atoms with Crippen molar-refractivity contribution in [2.45, 2.75) is 18.6 Å². The number of nitrogens with zero attached hydrogens (tertiary/aromatic N) is 2. The predicted octanol–water partition coefficient (Wildman–Crippen LogP) is 2.19. The zero-order valence-electron chi connectivity index (χ0n) is 10.9. The highest BCUT2D eigenvalue weighted by Crippen LogP contribution is 2.31. The molecule has 1 aromatic heterocycles. The molecule has 7 heteroatoms. The van der Waals surface area contributed by atoms with Gasteiger partial charge >= 0.3 is 6.18 Å². The Hall–Kier alpha value is -1.86.